The number of fused-ring (bicyclic) bond motifs is 1. The maximum Gasteiger partial charge on any atom is 0.252 e. The molecule has 3 aromatic heterocycles. The monoisotopic (exact) mass is 629 g/mol. The lowest BCUT2D eigenvalue weighted by Gasteiger charge is -2.27. The molecule has 0 radical (unpaired) electrons. The largest absolute Gasteiger partial charge is 0.497 e. The molecule has 0 fully saturated rings. The van der Waals surface area contributed by atoms with E-state index in [1.54, 1.807) is 45.9 Å². The van der Waals surface area contributed by atoms with Gasteiger partial charge in [0.25, 0.3) is 5.56 Å². The van der Waals surface area contributed by atoms with Crippen LogP contribution in [-0.4, -0.2) is 28.3 Å². The van der Waals surface area contributed by atoms with E-state index in [4.69, 9.17) is 27.6 Å². The van der Waals surface area contributed by atoms with Gasteiger partial charge in [-0.3, -0.25) is 9.78 Å². The molecule has 9 heteroatoms. The number of hydrogen-bond acceptors (Lipinski definition) is 5. The smallest absolute Gasteiger partial charge is 0.252 e. The maximum atomic E-state index is 12.6. The van der Waals surface area contributed by atoms with Crippen molar-refractivity contribution in [2.75, 3.05) is 19.1 Å². The summed E-state index contributed by atoms with van der Waals surface area (Å²) in [7, 11) is 5.02. The van der Waals surface area contributed by atoms with Crippen molar-refractivity contribution in [3.63, 3.8) is 0 Å². The number of aromatic nitrogens is 3. The summed E-state index contributed by atoms with van der Waals surface area (Å²) in [5.74, 6) is 1.57. The van der Waals surface area contributed by atoms with E-state index in [-0.39, 0.29) is 5.56 Å². The van der Waals surface area contributed by atoms with Crippen molar-refractivity contribution in [1.82, 2.24) is 14.1 Å². The molecule has 0 saturated carbocycles. The molecule has 3 heterocycles. The van der Waals surface area contributed by atoms with Crippen molar-refractivity contribution >= 4 is 33.9 Å². The van der Waals surface area contributed by atoms with E-state index >= 15 is 0 Å². The number of benzene rings is 3. The molecule has 0 aliphatic carbocycles. The topological polar surface area (TPSA) is 65.9 Å². The third-order valence-corrected chi connectivity index (χ3v) is 8.56. The molecule has 0 bridgehead atoms. The average Bonchev–Trinajstić information content (AvgIpc) is 3.43. The molecule has 0 unspecified atom stereocenters. The van der Waals surface area contributed by atoms with Gasteiger partial charge in [0.05, 0.1) is 48.9 Å². The van der Waals surface area contributed by atoms with E-state index in [1.807, 2.05) is 84.4 Å². The van der Waals surface area contributed by atoms with Crippen LogP contribution in [0.4, 0.5) is 11.4 Å². The van der Waals surface area contributed by atoms with E-state index in [1.165, 1.54) is 4.57 Å². The lowest BCUT2D eigenvalue weighted by atomic mass is 10.0. The Kier molecular flexibility index (Phi) is 8.51. The van der Waals surface area contributed by atoms with Crippen LogP contribution in [0.25, 0.3) is 32.6 Å². The fourth-order valence-electron chi connectivity index (χ4n) is 5.57. The minimum atomic E-state index is -0.121. The van der Waals surface area contributed by atoms with Crippen LogP contribution in [0.5, 0.6) is 11.5 Å². The van der Waals surface area contributed by atoms with E-state index < -0.39 is 0 Å². The molecule has 3 aromatic carbocycles. The molecule has 46 heavy (non-hydrogen) atoms. The third kappa shape index (κ3) is 5.93. The normalized spacial score (nSPS) is 11.0. The van der Waals surface area contributed by atoms with Gasteiger partial charge in [-0.15, -0.1) is 0 Å². The number of halogens is 1. The minimum absolute atomic E-state index is 0.121. The highest BCUT2D eigenvalue weighted by atomic mass is 35.5. The molecular formula is C37H32ClN5O3. The second-order valence-electron chi connectivity index (χ2n) is 11.1. The number of rotatable bonds is 9. The Morgan fingerprint density at radius 1 is 0.891 bits per heavy atom. The Labute approximate surface area is 272 Å². The highest BCUT2D eigenvalue weighted by Gasteiger charge is 2.21. The number of hydrogen-bond donors (Lipinski definition) is 0. The zero-order valence-corrected chi connectivity index (χ0v) is 26.7. The van der Waals surface area contributed by atoms with Crippen molar-refractivity contribution in [2.24, 2.45) is 7.05 Å². The van der Waals surface area contributed by atoms with Crippen LogP contribution in [0, 0.1) is 13.5 Å². The second-order valence-corrected chi connectivity index (χ2v) is 11.5. The summed E-state index contributed by atoms with van der Waals surface area (Å²) in [5, 5.41) is 1.37. The number of pyridine rings is 2. The van der Waals surface area contributed by atoms with Crippen LogP contribution in [0.3, 0.4) is 0 Å². The second kappa shape index (κ2) is 12.8. The van der Waals surface area contributed by atoms with E-state index in [2.05, 4.69) is 14.7 Å². The van der Waals surface area contributed by atoms with Crippen molar-refractivity contribution < 1.29 is 9.47 Å². The van der Waals surface area contributed by atoms with Gasteiger partial charge in [-0.05, 0) is 71.5 Å². The lowest BCUT2D eigenvalue weighted by molar-refractivity contribution is 0.414. The van der Waals surface area contributed by atoms with E-state index in [0.29, 0.717) is 23.8 Å². The summed E-state index contributed by atoms with van der Waals surface area (Å²) >= 11 is 7.33. The van der Waals surface area contributed by atoms with Crippen LogP contribution in [0.1, 0.15) is 16.7 Å². The number of nitrogens with zero attached hydrogens (tertiary/aromatic N) is 5. The summed E-state index contributed by atoms with van der Waals surface area (Å²) in [6.07, 6.45) is 7.25. The van der Waals surface area contributed by atoms with E-state index in [9.17, 15) is 4.79 Å². The quantitative estimate of drug-likeness (QED) is 0.151. The summed E-state index contributed by atoms with van der Waals surface area (Å²) in [6.45, 7) is 10.8. The van der Waals surface area contributed by atoms with Crippen LogP contribution in [-0.2, 0) is 20.1 Å². The van der Waals surface area contributed by atoms with Crippen molar-refractivity contribution in [3.05, 3.63) is 141 Å². The third-order valence-electron chi connectivity index (χ3n) is 8.17. The highest BCUT2D eigenvalue weighted by molar-refractivity contribution is 6.36. The van der Waals surface area contributed by atoms with Crippen molar-refractivity contribution in [2.45, 2.75) is 20.0 Å². The van der Waals surface area contributed by atoms with Gasteiger partial charge in [-0.25, -0.2) is 4.85 Å². The Morgan fingerprint density at radius 2 is 1.52 bits per heavy atom. The Hall–Kier alpha value is -5.52. The first kappa shape index (κ1) is 30.5. The van der Waals surface area contributed by atoms with Gasteiger partial charge in [0.2, 0.25) is 0 Å². The fourth-order valence-corrected chi connectivity index (χ4v) is 5.89. The molecule has 6 aromatic rings. The average molecular weight is 630 g/mol. The molecule has 0 saturated heterocycles. The maximum absolute atomic E-state index is 12.6. The Bertz CT molecular complexity index is 2100. The van der Waals surface area contributed by atoms with Gasteiger partial charge in [0.15, 0.2) is 5.69 Å². The Balaban J connectivity index is 1.50. The van der Waals surface area contributed by atoms with Crippen LogP contribution < -0.4 is 19.9 Å². The van der Waals surface area contributed by atoms with Crippen LogP contribution in [0.15, 0.2) is 102 Å². The molecule has 8 nitrogen and oxygen atoms in total. The Morgan fingerprint density at radius 3 is 2.09 bits per heavy atom. The van der Waals surface area contributed by atoms with Gasteiger partial charge < -0.3 is 23.5 Å². The summed E-state index contributed by atoms with van der Waals surface area (Å²) in [4.78, 5) is 23.2. The lowest BCUT2D eigenvalue weighted by Crippen LogP contribution is -2.22. The van der Waals surface area contributed by atoms with Gasteiger partial charge in [-0.1, -0.05) is 35.9 Å². The number of ether oxygens (including phenoxy) is 2. The first-order valence-corrected chi connectivity index (χ1v) is 15.0. The van der Waals surface area contributed by atoms with Gasteiger partial charge >= 0.3 is 0 Å². The standard InChI is InChI=1S/C37H32ClN5O3/c1-24-16-34-30(18-33(24)39-2)32(23-43(34)27-14-15-41(3)36(44)17-27)31-19-40-20-35(37(31)38)42(21-25-6-10-28(45-4)11-7-25)22-26-8-12-29(46-5)13-9-26/h6-20,23H,21-22H2,1,3-5H3. The number of methoxy groups -OCH3 is 2. The van der Waals surface area contributed by atoms with Crippen LogP contribution >= 0.6 is 11.6 Å². The molecule has 0 aliphatic heterocycles. The summed E-state index contributed by atoms with van der Waals surface area (Å²) < 4.78 is 14.2. The molecule has 230 valence electrons. The summed E-state index contributed by atoms with van der Waals surface area (Å²) in [5.41, 5.74) is 7.32. The zero-order valence-electron chi connectivity index (χ0n) is 26.0. The van der Waals surface area contributed by atoms with Gasteiger partial charge in [0.1, 0.15) is 11.5 Å². The van der Waals surface area contributed by atoms with Crippen molar-refractivity contribution in [3.8, 4) is 28.3 Å². The molecule has 0 spiro atoms. The summed E-state index contributed by atoms with van der Waals surface area (Å²) in [6, 6.07) is 23.3. The van der Waals surface area contributed by atoms with Gasteiger partial charge in [0, 0.05) is 55.9 Å². The van der Waals surface area contributed by atoms with Crippen molar-refractivity contribution in [1.29, 1.82) is 0 Å². The first-order chi connectivity index (χ1) is 22.3. The molecule has 0 amide bonds. The zero-order chi connectivity index (χ0) is 32.4. The highest BCUT2D eigenvalue weighted by Crippen LogP contribution is 2.42. The number of anilines is 1. The van der Waals surface area contributed by atoms with E-state index in [0.717, 1.165) is 61.6 Å². The molecule has 6 rings (SSSR count). The SMILES string of the molecule is [C-]#[N+]c1cc2c(-c3cncc(N(Cc4ccc(OC)cc4)Cc4ccc(OC)cc4)c3Cl)cn(-c3ccn(C)c(=O)c3)c2cc1C. The molecule has 0 aliphatic rings. The predicted molar refractivity (Wildman–Crippen MR) is 184 cm³/mol. The predicted octanol–water partition coefficient (Wildman–Crippen LogP) is 8.13. The molecule has 0 N–H and O–H groups in total. The minimum Gasteiger partial charge on any atom is -0.497 e. The molecular weight excluding hydrogens is 598 g/mol. The number of aryl methyl sites for hydroxylation is 2. The molecule has 0 atom stereocenters. The fraction of sp³-hybridized carbons (Fsp3) is 0.162. The van der Waals surface area contributed by atoms with Gasteiger partial charge in [-0.2, -0.15) is 0 Å². The first-order valence-electron chi connectivity index (χ1n) is 14.6. The van der Waals surface area contributed by atoms with Crippen LogP contribution in [0.2, 0.25) is 5.02 Å².